The van der Waals surface area contributed by atoms with Crippen LogP contribution in [0.4, 0.5) is 10.5 Å². The van der Waals surface area contributed by atoms with Gasteiger partial charge in [0.2, 0.25) is 5.91 Å². The normalized spacial score (nSPS) is 19.1. The first kappa shape index (κ1) is 17.3. The molecule has 0 bridgehead atoms. The van der Waals surface area contributed by atoms with Gasteiger partial charge in [-0.3, -0.25) is 9.59 Å². The molecule has 0 unspecified atom stereocenters. The summed E-state index contributed by atoms with van der Waals surface area (Å²) in [4.78, 5) is 40.0. The molecule has 2 aliphatic rings. The number of ether oxygens (including phenoxy) is 1. The van der Waals surface area contributed by atoms with Crippen molar-refractivity contribution in [2.24, 2.45) is 0 Å². The zero-order chi connectivity index (χ0) is 18.2. The minimum atomic E-state index is -0.647. The SMILES string of the molecule is COC(=O)N1CCCN(C(=O)c2ccc3c(c2)C(C)(C)C(=O)N3)CC1. The first-order valence-electron chi connectivity index (χ1n) is 8.42. The Morgan fingerprint density at radius 3 is 2.52 bits per heavy atom. The standard InChI is InChI=1S/C18H23N3O4/c1-18(2)13-11-12(5-6-14(13)19-16(18)23)15(22)20-7-4-8-21(10-9-20)17(24)25-3/h5-6,11H,4,7-10H2,1-3H3,(H,19,23). The third-order valence-corrected chi connectivity index (χ3v) is 4.97. The molecule has 3 amide bonds. The number of methoxy groups -OCH3 is 1. The number of nitrogens with zero attached hydrogens (tertiary/aromatic N) is 2. The number of hydrogen-bond donors (Lipinski definition) is 1. The molecule has 1 N–H and O–H groups in total. The molecule has 7 heteroatoms. The van der Waals surface area contributed by atoms with Gasteiger partial charge in [0.1, 0.15) is 0 Å². The Balaban J connectivity index is 1.77. The summed E-state index contributed by atoms with van der Waals surface area (Å²) in [5.74, 6) is -0.139. The van der Waals surface area contributed by atoms with Crippen molar-refractivity contribution in [2.75, 3.05) is 38.6 Å². The molecule has 2 aliphatic heterocycles. The zero-order valence-corrected chi connectivity index (χ0v) is 14.8. The summed E-state index contributed by atoms with van der Waals surface area (Å²) in [5.41, 5.74) is 1.52. The summed E-state index contributed by atoms with van der Waals surface area (Å²) < 4.78 is 4.75. The minimum Gasteiger partial charge on any atom is -0.453 e. The van der Waals surface area contributed by atoms with E-state index in [9.17, 15) is 14.4 Å². The molecule has 3 rings (SSSR count). The van der Waals surface area contributed by atoms with Gasteiger partial charge in [-0.2, -0.15) is 0 Å². The summed E-state index contributed by atoms with van der Waals surface area (Å²) in [6.07, 6.45) is 0.343. The highest BCUT2D eigenvalue weighted by Crippen LogP contribution is 2.37. The molecular weight excluding hydrogens is 322 g/mol. The van der Waals surface area contributed by atoms with E-state index in [1.165, 1.54) is 7.11 Å². The zero-order valence-electron chi connectivity index (χ0n) is 14.8. The molecular formula is C18H23N3O4. The first-order valence-corrected chi connectivity index (χ1v) is 8.42. The molecule has 0 atom stereocenters. The maximum absolute atomic E-state index is 12.9. The number of rotatable bonds is 1. The third kappa shape index (κ3) is 3.06. The van der Waals surface area contributed by atoms with Gasteiger partial charge in [-0.05, 0) is 44.0 Å². The molecule has 0 aromatic heterocycles. The van der Waals surface area contributed by atoms with E-state index in [1.54, 1.807) is 28.0 Å². The van der Waals surface area contributed by atoms with Gasteiger partial charge in [0.15, 0.2) is 0 Å². The van der Waals surface area contributed by atoms with Gasteiger partial charge in [-0.1, -0.05) is 0 Å². The molecule has 0 saturated carbocycles. The lowest BCUT2D eigenvalue weighted by molar-refractivity contribution is -0.119. The van der Waals surface area contributed by atoms with Crippen molar-refractivity contribution in [1.29, 1.82) is 0 Å². The lowest BCUT2D eigenvalue weighted by Crippen LogP contribution is -2.37. The predicted molar refractivity (Wildman–Crippen MR) is 92.6 cm³/mol. The summed E-state index contributed by atoms with van der Waals surface area (Å²) in [7, 11) is 1.36. The molecule has 0 spiro atoms. The van der Waals surface area contributed by atoms with Crippen LogP contribution in [-0.4, -0.2) is 61.0 Å². The van der Waals surface area contributed by atoms with Crippen molar-refractivity contribution in [3.63, 3.8) is 0 Å². The fraction of sp³-hybridized carbons (Fsp3) is 0.500. The Labute approximate surface area is 146 Å². The van der Waals surface area contributed by atoms with Gasteiger partial charge >= 0.3 is 6.09 Å². The average Bonchev–Trinajstić information content (AvgIpc) is 2.78. The molecule has 25 heavy (non-hydrogen) atoms. The van der Waals surface area contributed by atoms with Gasteiger partial charge in [0, 0.05) is 37.4 Å². The number of anilines is 1. The van der Waals surface area contributed by atoms with Crippen LogP contribution in [0.15, 0.2) is 18.2 Å². The van der Waals surface area contributed by atoms with E-state index < -0.39 is 5.41 Å². The van der Waals surface area contributed by atoms with Crippen LogP contribution < -0.4 is 5.32 Å². The second-order valence-electron chi connectivity index (χ2n) is 6.94. The van der Waals surface area contributed by atoms with Crippen LogP contribution in [0.25, 0.3) is 0 Å². The molecule has 1 aromatic carbocycles. The maximum Gasteiger partial charge on any atom is 0.409 e. The quantitative estimate of drug-likeness (QED) is 0.842. The number of fused-ring (bicyclic) bond motifs is 1. The van der Waals surface area contributed by atoms with Crippen LogP contribution in [0.3, 0.4) is 0 Å². The smallest absolute Gasteiger partial charge is 0.409 e. The summed E-state index contributed by atoms with van der Waals surface area (Å²) in [6.45, 7) is 5.78. The van der Waals surface area contributed by atoms with Gasteiger partial charge in [-0.25, -0.2) is 4.79 Å². The second-order valence-corrected chi connectivity index (χ2v) is 6.94. The lowest BCUT2D eigenvalue weighted by atomic mass is 9.85. The first-order chi connectivity index (χ1) is 11.8. The number of carbonyl (C=O) groups excluding carboxylic acids is 3. The number of amides is 3. The Kier molecular flexibility index (Phi) is 4.41. The van der Waals surface area contributed by atoms with Crippen molar-refractivity contribution >= 4 is 23.6 Å². The van der Waals surface area contributed by atoms with Crippen LogP contribution in [0.5, 0.6) is 0 Å². The molecule has 7 nitrogen and oxygen atoms in total. The summed E-state index contributed by atoms with van der Waals surface area (Å²) in [6, 6.07) is 5.33. The topological polar surface area (TPSA) is 79.0 Å². The Morgan fingerprint density at radius 1 is 1.12 bits per heavy atom. The average molecular weight is 345 g/mol. The van der Waals surface area contributed by atoms with Crippen molar-refractivity contribution in [3.8, 4) is 0 Å². The van der Waals surface area contributed by atoms with E-state index in [0.717, 1.165) is 11.3 Å². The van der Waals surface area contributed by atoms with Crippen molar-refractivity contribution in [1.82, 2.24) is 9.80 Å². The third-order valence-electron chi connectivity index (χ3n) is 4.97. The van der Waals surface area contributed by atoms with Crippen molar-refractivity contribution in [3.05, 3.63) is 29.3 Å². The number of hydrogen-bond acceptors (Lipinski definition) is 4. The fourth-order valence-electron chi connectivity index (χ4n) is 3.32. The maximum atomic E-state index is 12.9. The Morgan fingerprint density at radius 2 is 1.80 bits per heavy atom. The van der Waals surface area contributed by atoms with Crippen molar-refractivity contribution in [2.45, 2.75) is 25.7 Å². The highest BCUT2D eigenvalue weighted by Gasteiger charge is 2.38. The second kappa shape index (κ2) is 6.38. The number of carbonyl (C=O) groups is 3. The molecule has 1 fully saturated rings. The van der Waals surface area contributed by atoms with E-state index in [-0.39, 0.29) is 17.9 Å². The summed E-state index contributed by atoms with van der Waals surface area (Å²) >= 11 is 0. The van der Waals surface area contributed by atoms with Crippen LogP contribution >= 0.6 is 0 Å². The molecule has 2 heterocycles. The van der Waals surface area contributed by atoms with Gasteiger partial charge < -0.3 is 19.9 Å². The van der Waals surface area contributed by atoms with Gasteiger partial charge in [0.05, 0.1) is 12.5 Å². The molecule has 134 valence electrons. The molecule has 0 radical (unpaired) electrons. The Bertz CT molecular complexity index is 729. The van der Waals surface area contributed by atoms with E-state index in [1.807, 2.05) is 13.8 Å². The fourth-order valence-corrected chi connectivity index (χ4v) is 3.32. The number of nitrogens with one attached hydrogen (secondary N) is 1. The van der Waals surface area contributed by atoms with Crippen LogP contribution in [0.2, 0.25) is 0 Å². The highest BCUT2D eigenvalue weighted by atomic mass is 16.5. The largest absolute Gasteiger partial charge is 0.453 e. The lowest BCUT2D eigenvalue weighted by Gasteiger charge is -2.22. The highest BCUT2D eigenvalue weighted by molar-refractivity contribution is 6.07. The molecule has 0 aliphatic carbocycles. The molecule has 1 aromatic rings. The number of benzene rings is 1. The van der Waals surface area contributed by atoms with Crippen LogP contribution in [0.1, 0.15) is 36.2 Å². The van der Waals surface area contributed by atoms with Crippen LogP contribution in [0, 0.1) is 0 Å². The van der Waals surface area contributed by atoms with Gasteiger partial charge in [-0.15, -0.1) is 0 Å². The Hall–Kier alpha value is -2.57. The van der Waals surface area contributed by atoms with E-state index >= 15 is 0 Å². The predicted octanol–water partition coefficient (Wildman–Crippen LogP) is 1.83. The van der Waals surface area contributed by atoms with Gasteiger partial charge in [0.25, 0.3) is 5.91 Å². The summed E-state index contributed by atoms with van der Waals surface area (Å²) in [5, 5.41) is 2.85. The van der Waals surface area contributed by atoms with E-state index in [2.05, 4.69) is 5.32 Å². The van der Waals surface area contributed by atoms with Crippen LogP contribution in [-0.2, 0) is 14.9 Å². The monoisotopic (exact) mass is 345 g/mol. The van der Waals surface area contributed by atoms with E-state index in [0.29, 0.717) is 38.2 Å². The molecule has 1 saturated heterocycles. The van der Waals surface area contributed by atoms with Crippen molar-refractivity contribution < 1.29 is 19.1 Å². The van der Waals surface area contributed by atoms with E-state index in [4.69, 9.17) is 4.74 Å². The minimum absolute atomic E-state index is 0.0596.